The molecule has 0 bridgehead atoms. The lowest BCUT2D eigenvalue weighted by Gasteiger charge is -2.14. The second-order valence-corrected chi connectivity index (χ2v) is 9.09. The molecule has 0 amide bonds. The molecular formula is C26H26N4O8S2. The van der Waals surface area contributed by atoms with Gasteiger partial charge in [0.2, 0.25) is 0 Å². The van der Waals surface area contributed by atoms with Crippen molar-refractivity contribution in [1.82, 2.24) is 5.32 Å². The van der Waals surface area contributed by atoms with Gasteiger partial charge < -0.3 is 31.1 Å². The van der Waals surface area contributed by atoms with Crippen molar-refractivity contribution < 1.29 is 39.6 Å². The molecule has 1 aromatic carbocycles. The van der Waals surface area contributed by atoms with E-state index in [2.05, 4.69) is 34.7 Å². The molecule has 12 nitrogen and oxygen atoms in total. The Balaban J connectivity index is 0.000000412. The van der Waals surface area contributed by atoms with Gasteiger partial charge in [-0.05, 0) is 53.6 Å². The Labute approximate surface area is 236 Å². The quantitative estimate of drug-likeness (QED) is 0.0990. The van der Waals surface area contributed by atoms with Crippen LogP contribution >= 0.6 is 22.7 Å². The highest BCUT2D eigenvalue weighted by atomic mass is 32.1. The van der Waals surface area contributed by atoms with Crippen molar-refractivity contribution >= 4 is 69.4 Å². The van der Waals surface area contributed by atoms with Crippen LogP contribution in [-0.4, -0.2) is 56.5 Å². The molecule has 2 aromatic heterocycles. The molecule has 0 saturated carbocycles. The molecule has 0 aliphatic heterocycles. The van der Waals surface area contributed by atoms with E-state index in [1.165, 1.54) is 0 Å². The van der Waals surface area contributed by atoms with Gasteiger partial charge in [0.15, 0.2) is 0 Å². The minimum Gasteiger partial charge on any atom is -0.478 e. The highest BCUT2D eigenvalue weighted by Crippen LogP contribution is 2.20. The van der Waals surface area contributed by atoms with Crippen molar-refractivity contribution in [2.45, 2.75) is 13.0 Å². The zero-order valence-electron chi connectivity index (χ0n) is 20.9. The zero-order valence-corrected chi connectivity index (χ0v) is 22.6. The molecule has 2 heterocycles. The summed E-state index contributed by atoms with van der Waals surface area (Å²) in [6, 6.07) is 16.1. The van der Waals surface area contributed by atoms with Gasteiger partial charge in [-0.15, -0.1) is 22.7 Å². The van der Waals surface area contributed by atoms with Crippen LogP contribution in [0.2, 0.25) is 0 Å². The largest absolute Gasteiger partial charge is 0.478 e. The van der Waals surface area contributed by atoms with Gasteiger partial charge in [0.05, 0.1) is 11.2 Å². The molecule has 0 aliphatic carbocycles. The fourth-order valence-corrected chi connectivity index (χ4v) is 3.65. The molecule has 14 heteroatoms. The average molecular weight is 587 g/mol. The van der Waals surface area contributed by atoms with Crippen LogP contribution in [0.25, 0.3) is 0 Å². The van der Waals surface area contributed by atoms with Gasteiger partial charge in [0.1, 0.15) is 10.8 Å². The number of benzene rings is 1. The van der Waals surface area contributed by atoms with E-state index in [1.807, 2.05) is 47.2 Å². The number of rotatable bonds is 10. The van der Waals surface area contributed by atoms with Gasteiger partial charge in [0.25, 0.3) is 0 Å². The summed E-state index contributed by atoms with van der Waals surface area (Å²) in [4.78, 5) is 43.5. The van der Waals surface area contributed by atoms with Gasteiger partial charge in [-0.2, -0.15) is 0 Å². The Morgan fingerprint density at radius 1 is 0.825 bits per heavy atom. The van der Waals surface area contributed by atoms with E-state index in [1.54, 1.807) is 29.0 Å². The number of hydrogen-bond acceptors (Lipinski definition) is 8. The Morgan fingerprint density at radius 3 is 1.85 bits per heavy atom. The van der Waals surface area contributed by atoms with E-state index < -0.39 is 23.9 Å². The standard InChI is InChI=1S/C18H18N4S2.2C4H4O4/c1-13(20-12-21-17-8-4-10-24-17)14-5-2-6-15(11-14)22-18(19)16-7-3-9-23-16;2*5-3(6)1-2-4(7)8/h2-13H,1H3,(H2,19,22)(H,20,21);2*1-2H,(H,5,6)(H,7,8)/b;2*2-1+. The molecule has 0 fully saturated rings. The topological polar surface area (TPSA) is 209 Å². The number of hydrogen-bond donors (Lipinski definition) is 7. The van der Waals surface area contributed by atoms with E-state index in [0.29, 0.717) is 30.1 Å². The van der Waals surface area contributed by atoms with Gasteiger partial charge in [0, 0.05) is 36.0 Å². The maximum absolute atomic E-state index is 9.55. The summed E-state index contributed by atoms with van der Waals surface area (Å²) in [5, 5.41) is 50.8. The lowest BCUT2D eigenvalue weighted by atomic mass is 10.1. The SMILES string of the molecule is CC(N/C=N/c1cccs1)c1cccc(NC(=N)c2cccs2)c1.O=C(O)/C=C/C(=O)O.O=C(O)/C=C/C(=O)O. The summed E-state index contributed by atoms with van der Waals surface area (Å²) in [5.74, 6) is -4.61. The molecule has 0 radical (unpaired) electrons. The maximum Gasteiger partial charge on any atom is 0.328 e. The van der Waals surface area contributed by atoms with Crippen LogP contribution in [0.15, 0.2) is 88.6 Å². The van der Waals surface area contributed by atoms with E-state index in [-0.39, 0.29) is 6.04 Å². The number of thiophene rings is 2. The molecule has 7 N–H and O–H groups in total. The summed E-state index contributed by atoms with van der Waals surface area (Å²) in [6.45, 7) is 2.09. The van der Waals surface area contributed by atoms with Gasteiger partial charge in [-0.25, -0.2) is 24.2 Å². The van der Waals surface area contributed by atoms with Crippen molar-refractivity contribution in [3.05, 3.63) is 94.0 Å². The van der Waals surface area contributed by atoms with Crippen LogP contribution < -0.4 is 10.6 Å². The summed E-state index contributed by atoms with van der Waals surface area (Å²) in [5.41, 5.74) is 2.05. The van der Waals surface area contributed by atoms with Crippen LogP contribution in [0.4, 0.5) is 10.7 Å². The van der Waals surface area contributed by atoms with E-state index >= 15 is 0 Å². The average Bonchev–Trinajstić information content (AvgIpc) is 3.62. The summed E-state index contributed by atoms with van der Waals surface area (Å²) in [7, 11) is 0. The molecule has 3 rings (SSSR count). The predicted octanol–water partition coefficient (Wildman–Crippen LogP) is 4.68. The van der Waals surface area contributed by atoms with E-state index in [9.17, 15) is 19.2 Å². The number of carbonyl (C=O) groups is 4. The molecule has 1 atom stereocenters. The number of aliphatic imine (C=N–C) groups is 1. The first-order chi connectivity index (χ1) is 19.0. The normalized spacial score (nSPS) is 11.1. The van der Waals surface area contributed by atoms with Crippen LogP contribution in [-0.2, 0) is 19.2 Å². The molecule has 40 heavy (non-hydrogen) atoms. The Bertz CT molecular complexity index is 1280. The highest BCUT2D eigenvalue weighted by molar-refractivity contribution is 7.13. The third kappa shape index (κ3) is 15.2. The third-order valence-electron chi connectivity index (χ3n) is 4.18. The fraction of sp³-hybridized carbons (Fsp3) is 0.0769. The van der Waals surface area contributed by atoms with Crippen LogP contribution in [0.5, 0.6) is 0 Å². The minimum absolute atomic E-state index is 0.131. The van der Waals surface area contributed by atoms with Crippen LogP contribution in [0.1, 0.15) is 23.4 Å². The Morgan fingerprint density at radius 2 is 1.38 bits per heavy atom. The van der Waals surface area contributed by atoms with Crippen molar-refractivity contribution in [3.8, 4) is 0 Å². The van der Waals surface area contributed by atoms with Gasteiger partial charge in [-0.3, -0.25) is 5.41 Å². The first-order valence-electron chi connectivity index (χ1n) is 11.1. The zero-order chi connectivity index (χ0) is 29.9. The number of aliphatic carboxylic acids is 4. The van der Waals surface area contributed by atoms with Crippen molar-refractivity contribution in [1.29, 1.82) is 5.41 Å². The Kier molecular flexibility index (Phi) is 15.0. The molecule has 210 valence electrons. The lowest BCUT2D eigenvalue weighted by Crippen LogP contribution is -2.17. The molecule has 0 aliphatic rings. The predicted molar refractivity (Wildman–Crippen MR) is 154 cm³/mol. The van der Waals surface area contributed by atoms with Gasteiger partial charge in [-0.1, -0.05) is 18.2 Å². The van der Waals surface area contributed by atoms with Gasteiger partial charge >= 0.3 is 23.9 Å². The minimum atomic E-state index is -1.26. The molecule has 0 saturated heterocycles. The maximum atomic E-state index is 9.55. The molecule has 3 aromatic rings. The second kappa shape index (κ2) is 18.2. The van der Waals surface area contributed by atoms with Crippen molar-refractivity contribution in [2.24, 2.45) is 4.99 Å². The number of anilines is 1. The number of amidine groups is 1. The highest BCUT2D eigenvalue weighted by Gasteiger charge is 2.06. The van der Waals surface area contributed by atoms with Crippen LogP contribution in [0, 0.1) is 5.41 Å². The number of nitrogens with one attached hydrogen (secondary N) is 3. The smallest absolute Gasteiger partial charge is 0.328 e. The summed E-state index contributed by atoms with van der Waals surface area (Å²) >= 11 is 3.16. The fourth-order valence-electron chi connectivity index (χ4n) is 2.45. The second-order valence-electron chi connectivity index (χ2n) is 7.22. The van der Waals surface area contributed by atoms with Crippen molar-refractivity contribution in [2.75, 3.05) is 5.32 Å². The number of carboxylic acids is 4. The van der Waals surface area contributed by atoms with E-state index in [4.69, 9.17) is 25.8 Å². The summed E-state index contributed by atoms with van der Waals surface area (Å²) in [6.07, 6.45) is 3.97. The molecule has 0 spiro atoms. The lowest BCUT2D eigenvalue weighted by molar-refractivity contribution is -0.134. The van der Waals surface area contributed by atoms with Crippen molar-refractivity contribution in [3.63, 3.8) is 0 Å². The molecule has 1 unspecified atom stereocenters. The van der Waals surface area contributed by atoms with E-state index in [0.717, 1.165) is 21.1 Å². The first kappa shape index (κ1) is 32.9. The first-order valence-corrected chi connectivity index (χ1v) is 12.8. The summed E-state index contributed by atoms with van der Waals surface area (Å²) < 4.78 is 0. The number of carboxylic acid groups (broad SMARTS) is 4. The third-order valence-corrected chi connectivity index (χ3v) is 5.85. The number of nitrogens with zero attached hydrogens (tertiary/aromatic N) is 1. The monoisotopic (exact) mass is 586 g/mol. The van der Waals surface area contributed by atoms with Crippen LogP contribution in [0.3, 0.4) is 0 Å². The Hall–Kier alpha value is -5.08. The molecular weight excluding hydrogens is 560 g/mol.